The number of guanidine groups is 1. The molecule has 2 aliphatic rings. The lowest BCUT2D eigenvalue weighted by Gasteiger charge is -2.32. The molecule has 0 saturated carbocycles. The second-order valence-corrected chi connectivity index (χ2v) is 19.6. The Kier molecular flexibility index (Phi) is 26.6. The molecule has 11 atom stereocenters. The van der Waals surface area contributed by atoms with Gasteiger partial charge in [-0.25, -0.2) is 9.78 Å². The molecule has 436 valence electrons. The highest BCUT2D eigenvalue weighted by atomic mass is 32.1. The van der Waals surface area contributed by atoms with Crippen molar-refractivity contribution in [1.29, 1.82) is 5.41 Å². The van der Waals surface area contributed by atoms with Gasteiger partial charge in [0, 0.05) is 44.4 Å². The van der Waals surface area contributed by atoms with E-state index < -0.39 is 158 Å². The standard InChI is InChI=1S/C46H75N15O16S/c1-22(2)15-28(55-41(72)32-8-5-13-60(32)43(74)27(7-4-12-51-46(48)49)54-40(71)30(19-63)57-36(67)25(47)18-62)38(69)53-26(10-11-34(65)66)37(68)59-35(23(3)64)44(75)61-14-6-9-33(61)42(73)56-29(16-24-17-50-21-52-24)39(70)58-31(20-78)45(76)77/h17,21-23,25-33,35,62-64,78H,4-16,18-20,47H2,1-3H3,(H,50,52)(H,53,69)(H,54,71)(H,55,72)(H,56,73)(H,57,67)(H,58,70)(H,59,68)(H,65,66)(H,76,77)(H4,48,49,51)/t23-,25+,26+,27+,28+,29+,30+,31+,32+,33+,35+/m1/s1. The smallest absolute Gasteiger partial charge is 0.327 e. The zero-order valence-electron chi connectivity index (χ0n) is 43.6. The summed E-state index contributed by atoms with van der Waals surface area (Å²) >= 11 is 3.97. The Morgan fingerprint density at radius 2 is 1.27 bits per heavy atom. The molecule has 2 aliphatic heterocycles. The maximum absolute atomic E-state index is 14.2. The van der Waals surface area contributed by atoms with Gasteiger partial charge in [0.1, 0.15) is 60.4 Å². The summed E-state index contributed by atoms with van der Waals surface area (Å²) < 4.78 is 0. The second-order valence-electron chi connectivity index (χ2n) is 19.3. The summed E-state index contributed by atoms with van der Waals surface area (Å²) in [5.41, 5.74) is 11.2. The quantitative estimate of drug-likeness (QED) is 0.0138. The number of hydrogen-bond donors (Lipinski definition) is 18. The van der Waals surface area contributed by atoms with E-state index in [-0.39, 0.29) is 82.2 Å². The Morgan fingerprint density at radius 3 is 1.78 bits per heavy atom. The van der Waals surface area contributed by atoms with Gasteiger partial charge in [0.2, 0.25) is 53.2 Å². The number of hydrogen-bond acceptors (Lipinski definition) is 18. The zero-order chi connectivity index (χ0) is 58.4. The molecule has 9 amide bonds. The maximum atomic E-state index is 14.2. The number of aliphatic hydroxyl groups is 3. The number of thiol groups is 1. The molecule has 78 heavy (non-hydrogen) atoms. The molecule has 19 N–H and O–H groups in total. The van der Waals surface area contributed by atoms with Crippen LogP contribution in [-0.2, 0) is 59.2 Å². The Labute approximate surface area is 454 Å². The van der Waals surface area contributed by atoms with Crippen molar-refractivity contribution >= 4 is 83.7 Å². The normalized spacial score (nSPS) is 18.6. The highest BCUT2D eigenvalue weighted by molar-refractivity contribution is 7.80. The number of H-pyrrole nitrogens is 1. The number of amides is 9. The highest BCUT2D eigenvalue weighted by Crippen LogP contribution is 2.22. The lowest BCUT2D eigenvalue weighted by molar-refractivity contribution is -0.145. The van der Waals surface area contributed by atoms with E-state index in [2.05, 4.69) is 65.1 Å². The molecule has 0 radical (unpaired) electrons. The van der Waals surface area contributed by atoms with Crippen LogP contribution in [0.4, 0.5) is 0 Å². The van der Waals surface area contributed by atoms with Gasteiger partial charge in [-0.1, -0.05) is 13.8 Å². The first-order chi connectivity index (χ1) is 36.8. The summed E-state index contributed by atoms with van der Waals surface area (Å²) in [5, 5.41) is 76.2. The minimum absolute atomic E-state index is 0.0141. The number of aliphatic carboxylic acids is 2. The number of carboxylic acids is 2. The van der Waals surface area contributed by atoms with Crippen LogP contribution in [-0.4, -0.2) is 221 Å². The fourth-order valence-corrected chi connectivity index (χ4v) is 8.82. The number of aromatic nitrogens is 2. The minimum Gasteiger partial charge on any atom is -0.481 e. The molecule has 0 aromatic carbocycles. The molecule has 1 aromatic rings. The third kappa shape index (κ3) is 20.0. The number of aliphatic hydroxyl groups excluding tert-OH is 3. The number of carbonyl (C=O) groups is 11. The second kappa shape index (κ2) is 31.9. The summed E-state index contributed by atoms with van der Waals surface area (Å²) in [5.74, 6) is -12.0. The molecule has 0 unspecified atom stereocenters. The summed E-state index contributed by atoms with van der Waals surface area (Å²) in [6.45, 7) is 2.96. The zero-order valence-corrected chi connectivity index (χ0v) is 44.5. The fraction of sp³-hybridized carbons (Fsp3) is 0.674. The SMILES string of the molecule is CC(C)C[C@H](NC(=O)[C@@H]1CCCN1C(=O)[C@H](CCCNC(=N)N)NC(=O)[C@H](CO)NC(=O)[C@@H](N)CO)C(=O)N[C@@H](CCC(=O)O)C(=O)N[C@H](C(=O)N1CCC[C@H]1C(=O)N[C@@H](Cc1c[nH]cn1)C(=O)N[C@@H](CS)C(=O)O)[C@@H](C)O. The Morgan fingerprint density at radius 1 is 0.731 bits per heavy atom. The predicted molar refractivity (Wildman–Crippen MR) is 276 cm³/mol. The van der Waals surface area contributed by atoms with Crippen LogP contribution in [0.3, 0.4) is 0 Å². The van der Waals surface area contributed by atoms with E-state index in [4.69, 9.17) is 16.9 Å². The Balaban J connectivity index is 1.83. The van der Waals surface area contributed by atoms with Crippen LogP contribution in [0.2, 0.25) is 0 Å². The van der Waals surface area contributed by atoms with Crippen LogP contribution in [0.25, 0.3) is 0 Å². The monoisotopic (exact) mass is 1130 g/mol. The third-order valence-electron chi connectivity index (χ3n) is 12.7. The Bertz CT molecular complexity index is 2280. The molecule has 0 spiro atoms. The number of nitrogens with zero attached hydrogens (tertiary/aromatic N) is 3. The van der Waals surface area contributed by atoms with Crippen molar-refractivity contribution in [3.05, 3.63) is 18.2 Å². The van der Waals surface area contributed by atoms with Gasteiger partial charge in [0.25, 0.3) is 0 Å². The van der Waals surface area contributed by atoms with Crippen LogP contribution < -0.4 is 54.0 Å². The van der Waals surface area contributed by atoms with E-state index in [0.29, 0.717) is 12.1 Å². The molecule has 2 fully saturated rings. The van der Waals surface area contributed by atoms with E-state index in [1.807, 2.05) is 0 Å². The van der Waals surface area contributed by atoms with E-state index in [1.54, 1.807) is 13.8 Å². The van der Waals surface area contributed by atoms with Crippen molar-refractivity contribution in [3.8, 4) is 0 Å². The van der Waals surface area contributed by atoms with Crippen LogP contribution in [0.1, 0.15) is 84.3 Å². The highest BCUT2D eigenvalue weighted by Gasteiger charge is 2.43. The van der Waals surface area contributed by atoms with Gasteiger partial charge in [0.15, 0.2) is 5.96 Å². The number of aromatic amines is 1. The number of nitrogens with two attached hydrogens (primary N) is 2. The van der Waals surface area contributed by atoms with Crippen molar-refractivity contribution < 1.29 is 78.3 Å². The Hall–Kier alpha value is -7.16. The number of likely N-dealkylation sites (tertiary alicyclic amines) is 2. The molecule has 3 rings (SSSR count). The van der Waals surface area contributed by atoms with Gasteiger partial charge in [0.05, 0.1) is 31.3 Å². The maximum Gasteiger partial charge on any atom is 0.327 e. The van der Waals surface area contributed by atoms with Gasteiger partial charge in [-0.2, -0.15) is 12.6 Å². The van der Waals surface area contributed by atoms with Gasteiger partial charge < -0.3 is 94.3 Å². The van der Waals surface area contributed by atoms with E-state index in [9.17, 15) is 78.3 Å². The number of carbonyl (C=O) groups excluding carboxylic acids is 9. The summed E-state index contributed by atoms with van der Waals surface area (Å²) in [6.07, 6.45) is 0.452. The van der Waals surface area contributed by atoms with Gasteiger partial charge in [-0.05, 0) is 64.2 Å². The number of imidazole rings is 1. The number of carboxylic acid groups (broad SMARTS) is 2. The van der Waals surface area contributed by atoms with Gasteiger partial charge >= 0.3 is 11.9 Å². The first-order valence-electron chi connectivity index (χ1n) is 25.3. The molecular formula is C46H75N15O16S. The summed E-state index contributed by atoms with van der Waals surface area (Å²) in [6, 6.07) is -14.5. The van der Waals surface area contributed by atoms with Crippen LogP contribution in [0.5, 0.6) is 0 Å². The average Bonchev–Trinajstić information content (AvgIpc) is 4.20. The van der Waals surface area contributed by atoms with Gasteiger partial charge in [-0.15, -0.1) is 0 Å². The molecule has 3 heterocycles. The summed E-state index contributed by atoms with van der Waals surface area (Å²) in [4.78, 5) is 156. The number of rotatable bonds is 32. The van der Waals surface area contributed by atoms with Crippen molar-refractivity contribution in [3.63, 3.8) is 0 Å². The summed E-state index contributed by atoms with van der Waals surface area (Å²) in [7, 11) is 0. The lowest BCUT2D eigenvalue weighted by atomic mass is 10.0. The molecule has 31 nitrogen and oxygen atoms in total. The largest absolute Gasteiger partial charge is 0.481 e. The fourth-order valence-electron chi connectivity index (χ4n) is 8.57. The third-order valence-corrected chi connectivity index (χ3v) is 13.1. The number of nitrogens with one attached hydrogen (secondary N) is 10. The molecule has 0 bridgehead atoms. The molecular weight excluding hydrogens is 1050 g/mol. The predicted octanol–water partition coefficient (Wildman–Crippen LogP) is -6.79. The van der Waals surface area contributed by atoms with Crippen molar-refractivity contribution in [2.24, 2.45) is 17.4 Å². The molecule has 2 saturated heterocycles. The molecule has 0 aliphatic carbocycles. The first-order valence-corrected chi connectivity index (χ1v) is 26.0. The van der Waals surface area contributed by atoms with E-state index in [1.165, 1.54) is 24.3 Å². The van der Waals surface area contributed by atoms with Crippen molar-refractivity contribution in [1.82, 2.24) is 62.3 Å². The van der Waals surface area contributed by atoms with Crippen LogP contribution in [0.15, 0.2) is 12.5 Å². The average molecular weight is 1130 g/mol. The van der Waals surface area contributed by atoms with Crippen molar-refractivity contribution in [2.75, 3.05) is 38.6 Å². The van der Waals surface area contributed by atoms with Crippen LogP contribution >= 0.6 is 12.6 Å². The topological polar surface area (TPSA) is 496 Å². The molecule has 1 aromatic heterocycles. The van der Waals surface area contributed by atoms with Crippen LogP contribution in [0, 0.1) is 11.3 Å². The van der Waals surface area contributed by atoms with E-state index >= 15 is 0 Å². The first kappa shape index (κ1) is 65.1. The van der Waals surface area contributed by atoms with Crippen molar-refractivity contribution in [2.45, 2.75) is 152 Å². The lowest BCUT2D eigenvalue weighted by Crippen LogP contribution is -2.62. The van der Waals surface area contributed by atoms with E-state index in [0.717, 1.165) is 4.90 Å². The molecule has 32 heteroatoms. The minimum atomic E-state index is -1.78. The van der Waals surface area contributed by atoms with Gasteiger partial charge in [-0.3, -0.25) is 53.4 Å².